The molecular weight excluding hydrogens is 474 g/mol. The van der Waals surface area contributed by atoms with Crippen LogP contribution >= 0.6 is 0 Å². The van der Waals surface area contributed by atoms with Crippen molar-refractivity contribution in [2.45, 2.75) is 31.6 Å². The molecule has 0 heterocycles. The van der Waals surface area contributed by atoms with Gasteiger partial charge in [0.2, 0.25) is 0 Å². The van der Waals surface area contributed by atoms with Crippen LogP contribution in [0.2, 0.25) is 0 Å². The Morgan fingerprint density at radius 3 is 1.83 bits per heavy atom. The van der Waals surface area contributed by atoms with Gasteiger partial charge in [0, 0.05) is 11.8 Å². The molecule has 0 saturated carbocycles. The van der Waals surface area contributed by atoms with Gasteiger partial charge >= 0.3 is 26.2 Å². The van der Waals surface area contributed by atoms with Crippen molar-refractivity contribution in [3.05, 3.63) is 101 Å². The van der Waals surface area contributed by atoms with Gasteiger partial charge in [-0.25, -0.2) is 0 Å². The van der Waals surface area contributed by atoms with Crippen molar-refractivity contribution in [2.75, 3.05) is 0 Å². The molecule has 2 unspecified atom stereocenters. The van der Waals surface area contributed by atoms with Gasteiger partial charge in [0.15, 0.2) is 0 Å². The van der Waals surface area contributed by atoms with E-state index < -0.39 is 0 Å². The summed E-state index contributed by atoms with van der Waals surface area (Å²) >= 11 is 0. The first kappa shape index (κ1) is 24.1. The van der Waals surface area contributed by atoms with E-state index in [2.05, 4.69) is 91.9 Å². The third-order valence-corrected chi connectivity index (χ3v) is 6.23. The molecule has 3 heteroatoms. The first-order valence-electron chi connectivity index (χ1n) is 9.84. The van der Waals surface area contributed by atoms with Crippen LogP contribution < -0.4 is 24.8 Å². The fraction of sp³-hybridized carbons (Fsp3) is 0.231. The smallest absolute Gasteiger partial charge is 1.00 e. The second-order valence-electron chi connectivity index (χ2n) is 7.62. The van der Waals surface area contributed by atoms with Crippen LogP contribution in [0.1, 0.15) is 53.9 Å². The van der Waals surface area contributed by atoms with E-state index in [0.717, 1.165) is 0 Å². The summed E-state index contributed by atoms with van der Waals surface area (Å²) < 4.78 is 0. The van der Waals surface area contributed by atoms with Gasteiger partial charge in [-0.1, -0.05) is 98.3 Å². The maximum Gasteiger partial charge on any atom is 2.00 e. The molecule has 2 aliphatic rings. The number of hydrogen-bond donors (Lipinski definition) is 0. The predicted octanol–water partition coefficient (Wildman–Crippen LogP) is 1.03. The van der Waals surface area contributed by atoms with E-state index in [0.29, 0.717) is 17.8 Å². The topological polar surface area (TPSA) is 0 Å². The molecule has 2 atom stereocenters. The van der Waals surface area contributed by atoms with Crippen LogP contribution in [0.25, 0.3) is 17.2 Å². The van der Waals surface area contributed by atoms with E-state index in [-0.39, 0.29) is 51.0 Å². The van der Waals surface area contributed by atoms with Crippen molar-refractivity contribution in [3.8, 4) is 11.1 Å². The molecule has 3 aromatic carbocycles. The van der Waals surface area contributed by atoms with Crippen LogP contribution in [-0.4, -0.2) is 0 Å². The molecule has 0 bridgehead atoms. The maximum absolute atomic E-state index is 2.45. The average Bonchev–Trinajstić information content (AvgIpc) is 3.26. The summed E-state index contributed by atoms with van der Waals surface area (Å²) in [6.07, 6.45) is 7.25. The summed E-state index contributed by atoms with van der Waals surface area (Å²) in [5, 5.41) is 0. The third kappa shape index (κ3) is 4.07. The summed E-state index contributed by atoms with van der Waals surface area (Å²) in [7, 11) is 0. The van der Waals surface area contributed by atoms with Crippen molar-refractivity contribution in [1.82, 2.24) is 0 Å². The number of allylic oxidation sites excluding steroid dienone is 1. The number of hydrogen-bond acceptors (Lipinski definition) is 0. The molecule has 146 valence electrons. The van der Waals surface area contributed by atoms with E-state index >= 15 is 0 Å². The minimum Gasteiger partial charge on any atom is -1.00 e. The molecule has 0 spiro atoms. The second kappa shape index (κ2) is 10.3. The maximum atomic E-state index is 2.45. The molecule has 0 aliphatic heterocycles. The molecular formula is C26H24Cl2Zr. The van der Waals surface area contributed by atoms with E-state index in [4.69, 9.17) is 0 Å². The standard InChI is InChI=1S/C26H24.2ClH.Zr/c1-2-9-23(22-17-16-18-10-3-4-11-19(18)22)26-24-14-7-5-12-20(24)21-13-6-8-15-25(21)26;;;/h3-8,10-17,22-23,26H,2,9H2,1H3;2*1H;/q;;;+2/p-2. The zero-order valence-electron chi connectivity index (χ0n) is 16.5. The molecule has 0 fully saturated rings. The Labute approximate surface area is 205 Å². The van der Waals surface area contributed by atoms with Gasteiger partial charge in [0.05, 0.1) is 0 Å². The molecule has 29 heavy (non-hydrogen) atoms. The van der Waals surface area contributed by atoms with Gasteiger partial charge in [0.1, 0.15) is 0 Å². The van der Waals surface area contributed by atoms with Gasteiger partial charge in [-0.3, -0.25) is 0 Å². The van der Waals surface area contributed by atoms with E-state index in [1.807, 2.05) is 0 Å². The molecule has 0 nitrogen and oxygen atoms in total. The third-order valence-electron chi connectivity index (χ3n) is 6.23. The van der Waals surface area contributed by atoms with Crippen molar-refractivity contribution in [3.63, 3.8) is 0 Å². The minimum absolute atomic E-state index is 0. The van der Waals surface area contributed by atoms with Crippen molar-refractivity contribution in [1.29, 1.82) is 0 Å². The first-order valence-corrected chi connectivity index (χ1v) is 9.84. The molecule has 3 aromatic rings. The number of rotatable bonds is 4. The van der Waals surface area contributed by atoms with E-state index in [1.54, 1.807) is 0 Å². The van der Waals surface area contributed by atoms with Gasteiger partial charge < -0.3 is 24.8 Å². The largest absolute Gasteiger partial charge is 2.00 e. The number of fused-ring (bicyclic) bond motifs is 4. The van der Waals surface area contributed by atoms with Gasteiger partial charge in [0.25, 0.3) is 0 Å². The zero-order valence-corrected chi connectivity index (χ0v) is 20.5. The van der Waals surface area contributed by atoms with Crippen LogP contribution in [0.15, 0.2) is 78.9 Å². The summed E-state index contributed by atoms with van der Waals surface area (Å²) in [5.74, 6) is 1.60. The van der Waals surface area contributed by atoms with Crippen LogP contribution in [-0.2, 0) is 26.2 Å². The molecule has 0 radical (unpaired) electrons. The predicted molar refractivity (Wildman–Crippen MR) is 110 cm³/mol. The molecule has 0 N–H and O–H groups in total. The minimum atomic E-state index is 0. The van der Waals surface area contributed by atoms with Crippen molar-refractivity contribution in [2.24, 2.45) is 5.92 Å². The van der Waals surface area contributed by atoms with Crippen LogP contribution in [0.4, 0.5) is 0 Å². The Morgan fingerprint density at radius 2 is 1.24 bits per heavy atom. The van der Waals surface area contributed by atoms with E-state index in [9.17, 15) is 0 Å². The normalized spacial score (nSPS) is 16.5. The first-order chi connectivity index (χ1) is 12.9. The summed E-state index contributed by atoms with van der Waals surface area (Å²) in [6, 6.07) is 27.0. The Morgan fingerprint density at radius 1 is 0.724 bits per heavy atom. The van der Waals surface area contributed by atoms with Crippen LogP contribution in [0, 0.1) is 5.92 Å². The molecule has 0 amide bonds. The Balaban J connectivity index is 0.000001000. The van der Waals surface area contributed by atoms with Crippen molar-refractivity contribution >= 4 is 6.08 Å². The molecule has 5 rings (SSSR count). The van der Waals surface area contributed by atoms with E-state index in [1.165, 1.54) is 46.2 Å². The van der Waals surface area contributed by atoms with Gasteiger partial charge in [-0.15, -0.1) is 0 Å². The SMILES string of the molecule is CCCC(C1C=Cc2ccccc21)C1c2ccccc2-c2ccccc21.[Cl-].[Cl-].[Zr+2]. The Hall–Kier alpha value is -1.14. The fourth-order valence-electron chi connectivity index (χ4n) is 5.19. The zero-order chi connectivity index (χ0) is 17.5. The molecule has 0 saturated heterocycles. The number of benzene rings is 3. The van der Waals surface area contributed by atoms with Crippen molar-refractivity contribution < 1.29 is 51.0 Å². The quantitative estimate of drug-likeness (QED) is 0.504. The van der Waals surface area contributed by atoms with Crippen LogP contribution in [0.5, 0.6) is 0 Å². The summed E-state index contributed by atoms with van der Waals surface area (Å²) in [5.41, 5.74) is 8.81. The Bertz CT molecular complexity index is 950. The monoisotopic (exact) mass is 496 g/mol. The van der Waals surface area contributed by atoms with Crippen LogP contribution in [0.3, 0.4) is 0 Å². The molecule has 0 aromatic heterocycles. The average molecular weight is 499 g/mol. The van der Waals surface area contributed by atoms with Gasteiger partial charge in [-0.2, -0.15) is 0 Å². The summed E-state index contributed by atoms with van der Waals surface area (Å²) in [6.45, 7) is 2.32. The van der Waals surface area contributed by atoms with Gasteiger partial charge in [-0.05, 0) is 45.7 Å². The number of halogens is 2. The fourth-order valence-corrected chi connectivity index (χ4v) is 5.19. The Kier molecular flexibility index (Phi) is 8.53. The summed E-state index contributed by atoms with van der Waals surface area (Å²) in [4.78, 5) is 0. The second-order valence-corrected chi connectivity index (χ2v) is 7.62. The molecule has 2 aliphatic carbocycles.